The van der Waals surface area contributed by atoms with E-state index in [9.17, 15) is 4.79 Å². The minimum absolute atomic E-state index is 0.101. The van der Waals surface area contributed by atoms with Gasteiger partial charge in [-0.1, -0.05) is 13.0 Å². The van der Waals surface area contributed by atoms with Crippen LogP contribution in [0.3, 0.4) is 0 Å². The van der Waals surface area contributed by atoms with Gasteiger partial charge in [-0.05, 0) is 37.5 Å². The van der Waals surface area contributed by atoms with Gasteiger partial charge in [-0.2, -0.15) is 0 Å². The Bertz CT molecular complexity index is 403. The van der Waals surface area contributed by atoms with Gasteiger partial charge in [0.2, 0.25) is 0 Å². The van der Waals surface area contributed by atoms with Crippen molar-refractivity contribution in [2.24, 2.45) is 5.92 Å². The van der Waals surface area contributed by atoms with Crippen molar-refractivity contribution in [1.82, 2.24) is 4.90 Å². The number of anilines is 1. The van der Waals surface area contributed by atoms with Crippen LogP contribution in [0.25, 0.3) is 0 Å². The molecule has 0 bridgehead atoms. The Morgan fingerprint density at radius 1 is 1.44 bits per heavy atom. The molecule has 0 aliphatic carbocycles. The van der Waals surface area contributed by atoms with Crippen LogP contribution in [0.15, 0.2) is 24.3 Å². The number of nitrogen functional groups attached to an aromatic ring is 1. The molecule has 1 aliphatic heterocycles. The Balaban J connectivity index is 2.19. The molecule has 1 saturated heterocycles. The molecule has 1 aromatic carbocycles. The van der Waals surface area contributed by atoms with Crippen molar-refractivity contribution < 1.29 is 4.79 Å². The highest BCUT2D eigenvalue weighted by molar-refractivity contribution is 5.95. The predicted octanol–water partition coefficient (Wildman–Crippen LogP) is 2.14. The standard InChI is InChI=1S/C13H18N2O/c1-9-6-10(2)15(8-9)13(16)11-4-3-5-12(14)7-11/h3-5,7,9-10H,6,8,14H2,1-2H3. The van der Waals surface area contributed by atoms with Crippen molar-refractivity contribution >= 4 is 11.6 Å². The Morgan fingerprint density at radius 2 is 2.19 bits per heavy atom. The summed E-state index contributed by atoms with van der Waals surface area (Å²) in [4.78, 5) is 14.2. The summed E-state index contributed by atoms with van der Waals surface area (Å²) in [6.45, 7) is 5.14. The Morgan fingerprint density at radius 3 is 2.75 bits per heavy atom. The molecule has 1 aromatic rings. The predicted molar refractivity (Wildman–Crippen MR) is 65.1 cm³/mol. The number of benzene rings is 1. The van der Waals surface area contributed by atoms with E-state index in [2.05, 4.69) is 13.8 Å². The molecule has 1 aliphatic rings. The molecule has 2 unspecified atom stereocenters. The number of hydrogen-bond donors (Lipinski definition) is 1. The van der Waals surface area contributed by atoms with Gasteiger partial charge in [-0.25, -0.2) is 0 Å². The smallest absolute Gasteiger partial charge is 0.254 e. The zero-order valence-electron chi connectivity index (χ0n) is 9.81. The summed E-state index contributed by atoms with van der Waals surface area (Å²) in [6.07, 6.45) is 1.09. The molecule has 0 spiro atoms. The topological polar surface area (TPSA) is 46.3 Å². The maximum Gasteiger partial charge on any atom is 0.254 e. The fraction of sp³-hybridized carbons (Fsp3) is 0.462. The van der Waals surface area contributed by atoms with Crippen LogP contribution >= 0.6 is 0 Å². The number of amides is 1. The summed E-state index contributed by atoms with van der Waals surface area (Å²) in [5.74, 6) is 0.698. The van der Waals surface area contributed by atoms with Crippen LogP contribution in [0.4, 0.5) is 5.69 Å². The molecule has 3 nitrogen and oxygen atoms in total. The lowest BCUT2D eigenvalue weighted by atomic mass is 10.1. The van der Waals surface area contributed by atoms with Gasteiger partial charge in [0.25, 0.3) is 5.91 Å². The first-order valence-corrected chi connectivity index (χ1v) is 5.74. The summed E-state index contributed by atoms with van der Waals surface area (Å²) < 4.78 is 0. The van der Waals surface area contributed by atoms with Crippen molar-refractivity contribution in [2.75, 3.05) is 12.3 Å². The van der Waals surface area contributed by atoms with E-state index in [1.165, 1.54) is 0 Å². The van der Waals surface area contributed by atoms with E-state index in [1.807, 2.05) is 17.0 Å². The number of hydrogen-bond acceptors (Lipinski definition) is 2. The Labute approximate surface area is 96.2 Å². The lowest BCUT2D eigenvalue weighted by Crippen LogP contribution is -2.33. The molecule has 1 amide bonds. The highest BCUT2D eigenvalue weighted by atomic mass is 16.2. The van der Waals surface area contributed by atoms with E-state index < -0.39 is 0 Å². The molecule has 0 saturated carbocycles. The SMILES string of the molecule is CC1CC(C)N(C(=O)c2cccc(N)c2)C1. The zero-order chi connectivity index (χ0) is 11.7. The molecule has 16 heavy (non-hydrogen) atoms. The van der Waals surface area contributed by atoms with Crippen molar-refractivity contribution in [1.29, 1.82) is 0 Å². The van der Waals surface area contributed by atoms with E-state index >= 15 is 0 Å². The highest BCUT2D eigenvalue weighted by Crippen LogP contribution is 2.24. The molecule has 0 radical (unpaired) electrons. The lowest BCUT2D eigenvalue weighted by Gasteiger charge is -2.21. The van der Waals surface area contributed by atoms with Crippen LogP contribution in [0.2, 0.25) is 0 Å². The van der Waals surface area contributed by atoms with Gasteiger partial charge in [-0.15, -0.1) is 0 Å². The fourth-order valence-electron chi connectivity index (χ4n) is 2.42. The van der Waals surface area contributed by atoms with Crippen molar-refractivity contribution in [3.8, 4) is 0 Å². The molecule has 2 rings (SSSR count). The molecule has 2 atom stereocenters. The third-order valence-corrected chi connectivity index (χ3v) is 3.18. The number of carbonyl (C=O) groups is 1. The maximum absolute atomic E-state index is 12.2. The van der Waals surface area contributed by atoms with E-state index in [4.69, 9.17) is 5.73 Å². The quantitative estimate of drug-likeness (QED) is 0.734. The molecule has 2 N–H and O–H groups in total. The number of likely N-dealkylation sites (tertiary alicyclic amines) is 1. The number of nitrogens with two attached hydrogens (primary N) is 1. The zero-order valence-corrected chi connectivity index (χ0v) is 9.81. The maximum atomic E-state index is 12.2. The third kappa shape index (κ3) is 2.03. The first kappa shape index (κ1) is 11.0. The lowest BCUT2D eigenvalue weighted by molar-refractivity contribution is 0.0744. The largest absolute Gasteiger partial charge is 0.399 e. The minimum atomic E-state index is 0.101. The van der Waals surface area contributed by atoms with Gasteiger partial charge in [0.15, 0.2) is 0 Å². The molecule has 86 valence electrons. The monoisotopic (exact) mass is 218 g/mol. The number of carbonyl (C=O) groups excluding carboxylic acids is 1. The van der Waals surface area contributed by atoms with Crippen LogP contribution < -0.4 is 5.73 Å². The van der Waals surface area contributed by atoms with Crippen LogP contribution in [0.1, 0.15) is 30.6 Å². The minimum Gasteiger partial charge on any atom is -0.399 e. The van der Waals surface area contributed by atoms with Gasteiger partial charge < -0.3 is 10.6 Å². The van der Waals surface area contributed by atoms with E-state index in [1.54, 1.807) is 12.1 Å². The van der Waals surface area contributed by atoms with Gasteiger partial charge in [0.05, 0.1) is 0 Å². The summed E-state index contributed by atoms with van der Waals surface area (Å²) in [5, 5.41) is 0. The normalized spacial score (nSPS) is 24.8. The summed E-state index contributed by atoms with van der Waals surface area (Å²) in [6, 6.07) is 7.54. The Kier molecular flexibility index (Phi) is 2.86. The Hall–Kier alpha value is -1.51. The van der Waals surface area contributed by atoms with Crippen molar-refractivity contribution in [3.63, 3.8) is 0 Å². The molecule has 3 heteroatoms. The molecule has 1 heterocycles. The van der Waals surface area contributed by atoms with Crippen LogP contribution in [0, 0.1) is 5.92 Å². The van der Waals surface area contributed by atoms with Crippen LogP contribution in [-0.4, -0.2) is 23.4 Å². The number of nitrogens with zero attached hydrogens (tertiary/aromatic N) is 1. The van der Waals surface area contributed by atoms with Crippen molar-refractivity contribution in [3.05, 3.63) is 29.8 Å². The number of rotatable bonds is 1. The average molecular weight is 218 g/mol. The molecular weight excluding hydrogens is 200 g/mol. The average Bonchev–Trinajstić information content (AvgIpc) is 2.57. The van der Waals surface area contributed by atoms with Gasteiger partial charge in [0.1, 0.15) is 0 Å². The van der Waals surface area contributed by atoms with E-state index in [0.717, 1.165) is 13.0 Å². The van der Waals surface area contributed by atoms with Gasteiger partial charge >= 0.3 is 0 Å². The highest BCUT2D eigenvalue weighted by Gasteiger charge is 2.30. The first-order chi connectivity index (χ1) is 7.58. The third-order valence-electron chi connectivity index (χ3n) is 3.18. The van der Waals surface area contributed by atoms with Gasteiger partial charge in [-0.3, -0.25) is 4.79 Å². The van der Waals surface area contributed by atoms with Crippen LogP contribution in [-0.2, 0) is 0 Å². The fourth-order valence-corrected chi connectivity index (χ4v) is 2.42. The molecule has 0 aromatic heterocycles. The summed E-state index contributed by atoms with van der Waals surface area (Å²) in [7, 11) is 0. The second kappa shape index (κ2) is 4.16. The van der Waals surface area contributed by atoms with E-state index in [-0.39, 0.29) is 5.91 Å². The summed E-state index contributed by atoms with van der Waals surface area (Å²) >= 11 is 0. The first-order valence-electron chi connectivity index (χ1n) is 5.74. The second-order valence-corrected chi connectivity index (χ2v) is 4.77. The van der Waals surface area contributed by atoms with Crippen molar-refractivity contribution in [2.45, 2.75) is 26.3 Å². The summed E-state index contributed by atoms with van der Waals surface area (Å²) in [5.41, 5.74) is 7.03. The molecule has 1 fully saturated rings. The molecular formula is C13H18N2O. The van der Waals surface area contributed by atoms with Crippen LogP contribution in [0.5, 0.6) is 0 Å². The van der Waals surface area contributed by atoms with Gasteiger partial charge in [0, 0.05) is 23.8 Å². The second-order valence-electron chi connectivity index (χ2n) is 4.77. The van der Waals surface area contributed by atoms with E-state index in [0.29, 0.717) is 23.2 Å².